The van der Waals surface area contributed by atoms with E-state index in [-0.39, 0.29) is 6.03 Å². The van der Waals surface area contributed by atoms with E-state index in [1.165, 1.54) is 0 Å². The highest BCUT2D eigenvalue weighted by Gasteiger charge is 2.40. The Labute approximate surface area is 134 Å². The summed E-state index contributed by atoms with van der Waals surface area (Å²) in [5.41, 5.74) is 0.643. The zero-order chi connectivity index (χ0) is 15.6. The van der Waals surface area contributed by atoms with Crippen LogP contribution >= 0.6 is 11.6 Å². The second-order valence-corrected chi connectivity index (χ2v) is 5.78. The maximum absolute atomic E-state index is 12.3. The van der Waals surface area contributed by atoms with Crippen LogP contribution in [0, 0.1) is 0 Å². The Morgan fingerprint density at radius 3 is 2.59 bits per heavy atom. The number of carbonyl (C=O) groups is 1. The van der Waals surface area contributed by atoms with Crippen molar-refractivity contribution in [2.24, 2.45) is 0 Å². The summed E-state index contributed by atoms with van der Waals surface area (Å²) < 4.78 is 16.4. The van der Waals surface area contributed by atoms with E-state index in [0.29, 0.717) is 55.6 Å². The van der Waals surface area contributed by atoms with E-state index in [1.807, 2.05) is 0 Å². The molecule has 6 nitrogen and oxygen atoms in total. The van der Waals surface area contributed by atoms with Crippen molar-refractivity contribution in [1.29, 1.82) is 0 Å². The molecular weight excluding hydrogens is 308 g/mol. The van der Waals surface area contributed by atoms with Crippen LogP contribution in [0.1, 0.15) is 12.8 Å². The summed E-state index contributed by atoms with van der Waals surface area (Å²) in [5, 5.41) is 3.31. The van der Waals surface area contributed by atoms with Gasteiger partial charge in [-0.1, -0.05) is 11.6 Å². The fraction of sp³-hybridized carbons (Fsp3) is 0.533. The molecule has 2 fully saturated rings. The first kappa shape index (κ1) is 15.4. The number of anilines is 1. The van der Waals surface area contributed by atoms with E-state index in [9.17, 15) is 4.79 Å². The van der Waals surface area contributed by atoms with Gasteiger partial charge in [0.15, 0.2) is 5.79 Å². The van der Waals surface area contributed by atoms with Gasteiger partial charge in [0.1, 0.15) is 5.75 Å². The Bertz CT molecular complexity index is 550. The summed E-state index contributed by atoms with van der Waals surface area (Å²) in [7, 11) is 1.55. The van der Waals surface area contributed by atoms with Crippen molar-refractivity contribution in [3.05, 3.63) is 23.2 Å². The minimum Gasteiger partial charge on any atom is -0.495 e. The predicted molar refractivity (Wildman–Crippen MR) is 82.5 cm³/mol. The number of benzene rings is 1. The molecule has 0 bridgehead atoms. The molecule has 3 rings (SSSR count). The molecule has 0 saturated carbocycles. The third kappa shape index (κ3) is 3.14. The summed E-state index contributed by atoms with van der Waals surface area (Å²) in [6.07, 6.45) is 1.40. The fourth-order valence-electron chi connectivity index (χ4n) is 2.78. The topological polar surface area (TPSA) is 60.0 Å². The lowest BCUT2D eigenvalue weighted by atomic mass is 10.0. The summed E-state index contributed by atoms with van der Waals surface area (Å²) >= 11 is 6.06. The summed E-state index contributed by atoms with van der Waals surface area (Å²) in [4.78, 5) is 14.1. The Hall–Kier alpha value is -1.50. The van der Waals surface area contributed by atoms with Gasteiger partial charge in [0.25, 0.3) is 0 Å². The average Bonchev–Trinajstić information content (AvgIpc) is 2.96. The van der Waals surface area contributed by atoms with E-state index >= 15 is 0 Å². The number of amides is 2. The number of nitrogens with one attached hydrogen (secondary N) is 1. The number of ether oxygens (including phenoxy) is 3. The lowest BCUT2D eigenvalue weighted by molar-refractivity contribution is -0.181. The molecule has 0 unspecified atom stereocenters. The molecule has 1 N–H and O–H groups in total. The number of nitrogens with zero attached hydrogens (tertiary/aromatic N) is 1. The molecule has 1 spiro atoms. The van der Waals surface area contributed by atoms with Crippen LogP contribution in [0.4, 0.5) is 10.5 Å². The minimum atomic E-state index is -0.472. The highest BCUT2D eigenvalue weighted by Crippen LogP contribution is 2.32. The smallest absolute Gasteiger partial charge is 0.321 e. The maximum atomic E-state index is 12.3. The van der Waals surface area contributed by atoms with Gasteiger partial charge in [-0.3, -0.25) is 0 Å². The molecule has 22 heavy (non-hydrogen) atoms. The minimum absolute atomic E-state index is 0.144. The Balaban J connectivity index is 1.57. The van der Waals surface area contributed by atoms with Crippen LogP contribution in [0.25, 0.3) is 0 Å². The molecule has 0 aromatic heterocycles. The van der Waals surface area contributed by atoms with Crippen LogP contribution in [0.15, 0.2) is 18.2 Å². The van der Waals surface area contributed by atoms with Crippen molar-refractivity contribution in [2.75, 3.05) is 38.7 Å². The summed E-state index contributed by atoms with van der Waals surface area (Å²) in [6, 6.07) is 5.02. The molecule has 2 heterocycles. The van der Waals surface area contributed by atoms with Crippen LogP contribution in [0.5, 0.6) is 5.75 Å². The van der Waals surface area contributed by atoms with Gasteiger partial charge in [-0.15, -0.1) is 0 Å². The first-order chi connectivity index (χ1) is 10.6. The zero-order valence-corrected chi connectivity index (χ0v) is 13.2. The maximum Gasteiger partial charge on any atom is 0.321 e. The number of carbonyl (C=O) groups excluding carboxylic acids is 1. The van der Waals surface area contributed by atoms with Crippen LogP contribution < -0.4 is 10.1 Å². The molecule has 120 valence electrons. The molecule has 1 aromatic carbocycles. The van der Waals surface area contributed by atoms with Gasteiger partial charge >= 0.3 is 6.03 Å². The number of rotatable bonds is 2. The van der Waals surface area contributed by atoms with Crippen LogP contribution in [-0.2, 0) is 9.47 Å². The average molecular weight is 327 g/mol. The highest BCUT2D eigenvalue weighted by molar-refractivity contribution is 6.32. The van der Waals surface area contributed by atoms with E-state index in [0.717, 1.165) is 0 Å². The Morgan fingerprint density at radius 2 is 2.00 bits per heavy atom. The number of hydrogen-bond donors (Lipinski definition) is 1. The molecule has 2 saturated heterocycles. The number of likely N-dealkylation sites (tertiary alicyclic amines) is 1. The van der Waals surface area contributed by atoms with Crippen molar-refractivity contribution in [1.82, 2.24) is 4.90 Å². The first-order valence-electron chi connectivity index (χ1n) is 7.29. The van der Waals surface area contributed by atoms with Crippen LogP contribution in [0.2, 0.25) is 5.02 Å². The second-order valence-electron chi connectivity index (χ2n) is 5.37. The lowest BCUT2D eigenvalue weighted by Gasteiger charge is -2.37. The van der Waals surface area contributed by atoms with Crippen molar-refractivity contribution in [3.63, 3.8) is 0 Å². The predicted octanol–water partition coefficient (Wildman–Crippen LogP) is 2.72. The van der Waals surface area contributed by atoms with Gasteiger partial charge in [-0.25, -0.2) is 4.79 Å². The van der Waals surface area contributed by atoms with Gasteiger partial charge in [-0.05, 0) is 18.2 Å². The second kappa shape index (κ2) is 6.32. The molecule has 2 amide bonds. The normalized spacial score (nSPS) is 20.2. The molecule has 2 aliphatic rings. The lowest BCUT2D eigenvalue weighted by Crippen LogP contribution is -2.48. The third-order valence-electron chi connectivity index (χ3n) is 4.03. The SMILES string of the molecule is COc1ccc(NC(=O)N2CCC3(CC2)OCCO3)cc1Cl. The molecule has 0 atom stereocenters. The molecule has 2 aliphatic heterocycles. The first-order valence-corrected chi connectivity index (χ1v) is 7.67. The zero-order valence-electron chi connectivity index (χ0n) is 12.4. The van der Waals surface area contributed by atoms with Gasteiger partial charge in [0.2, 0.25) is 0 Å². The number of piperidine rings is 1. The summed E-state index contributed by atoms with van der Waals surface area (Å²) in [6.45, 7) is 2.48. The highest BCUT2D eigenvalue weighted by atomic mass is 35.5. The third-order valence-corrected chi connectivity index (χ3v) is 4.32. The fourth-order valence-corrected chi connectivity index (χ4v) is 3.04. The molecule has 0 radical (unpaired) electrons. The largest absolute Gasteiger partial charge is 0.495 e. The monoisotopic (exact) mass is 326 g/mol. The van der Waals surface area contributed by atoms with Gasteiger partial charge in [0.05, 0.1) is 25.3 Å². The number of methoxy groups -OCH3 is 1. The number of hydrogen-bond acceptors (Lipinski definition) is 4. The van der Waals surface area contributed by atoms with Crippen LogP contribution in [0.3, 0.4) is 0 Å². The molecule has 1 aromatic rings. The van der Waals surface area contributed by atoms with Crippen molar-refractivity contribution < 1.29 is 19.0 Å². The van der Waals surface area contributed by atoms with Gasteiger partial charge < -0.3 is 24.4 Å². The number of halogens is 1. The summed E-state index contributed by atoms with van der Waals surface area (Å²) in [5.74, 6) is 0.107. The standard InChI is InChI=1S/C15H19ClN2O4/c1-20-13-3-2-11(10-12(13)16)17-14(19)18-6-4-15(5-7-18)21-8-9-22-15/h2-3,10H,4-9H2,1H3,(H,17,19). The quantitative estimate of drug-likeness (QED) is 0.907. The van der Waals surface area contributed by atoms with Gasteiger partial charge in [-0.2, -0.15) is 0 Å². The Kier molecular flexibility index (Phi) is 4.42. The van der Waals surface area contributed by atoms with Crippen molar-refractivity contribution in [3.8, 4) is 5.75 Å². The van der Waals surface area contributed by atoms with Gasteiger partial charge in [0, 0.05) is 31.6 Å². The van der Waals surface area contributed by atoms with E-state index in [1.54, 1.807) is 30.2 Å². The van der Waals surface area contributed by atoms with E-state index in [2.05, 4.69) is 5.32 Å². The van der Waals surface area contributed by atoms with Crippen molar-refractivity contribution >= 4 is 23.3 Å². The van der Waals surface area contributed by atoms with Crippen molar-refractivity contribution in [2.45, 2.75) is 18.6 Å². The van der Waals surface area contributed by atoms with E-state index < -0.39 is 5.79 Å². The molecule has 0 aliphatic carbocycles. The van der Waals surface area contributed by atoms with Crippen LogP contribution in [-0.4, -0.2) is 50.1 Å². The number of urea groups is 1. The Morgan fingerprint density at radius 1 is 1.32 bits per heavy atom. The molecule has 7 heteroatoms. The molecular formula is C15H19ClN2O4. The van der Waals surface area contributed by atoms with E-state index in [4.69, 9.17) is 25.8 Å².